The minimum absolute atomic E-state index is 0.0793. The van der Waals surface area contributed by atoms with Gasteiger partial charge in [-0.2, -0.15) is 0 Å². The number of rotatable bonds is 6. The lowest BCUT2D eigenvalue weighted by Gasteiger charge is -2.27. The summed E-state index contributed by atoms with van der Waals surface area (Å²) in [5.74, 6) is -0.000945. The molecule has 1 aromatic carbocycles. The fourth-order valence-electron chi connectivity index (χ4n) is 2.71. The van der Waals surface area contributed by atoms with Crippen molar-refractivity contribution < 1.29 is 9.53 Å². The molecule has 1 aromatic rings. The van der Waals surface area contributed by atoms with Crippen molar-refractivity contribution in [2.24, 2.45) is 5.92 Å². The van der Waals surface area contributed by atoms with Crippen molar-refractivity contribution in [3.63, 3.8) is 0 Å². The first-order chi connectivity index (χ1) is 10.0. The molecule has 1 aliphatic rings. The number of ether oxygens (including phenoxy) is 1. The molecular formula is C17H26N2O2. The Kier molecular flexibility index (Phi) is 5.37. The van der Waals surface area contributed by atoms with Crippen LogP contribution in [0.4, 0.5) is 0 Å². The molecule has 2 rings (SSSR count). The summed E-state index contributed by atoms with van der Waals surface area (Å²) >= 11 is 0. The van der Waals surface area contributed by atoms with E-state index >= 15 is 0 Å². The highest BCUT2D eigenvalue weighted by molar-refractivity contribution is 5.80. The molecule has 2 N–H and O–H groups in total. The Balaban J connectivity index is 1.91. The molecule has 0 aliphatic carbocycles. The normalized spacial score (nSPS) is 22.2. The Morgan fingerprint density at radius 2 is 2.00 bits per heavy atom. The first-order valence-electron chi connectivity index (χ1n) is 7.69. The fraction of sp³-hybridized carbons (Fsp3) is 0.588. The van der Waals surface area contributed by atoms with E-state index in [4.69, 9.17) is 4.74 Å². The van der Waals surface area contributed by atoms with Crippen molar-refractivity contribution in [2.75, 3.05) is 26.3 Å². The van der Waals surface area contributed by atoms with Gasteiger partial charge in [-0.05, 0) is 12.1 Å². The monoisotopic (exact) mass is 290 g/mol. The van der Waals surface area contributed by atoms with Crippen LogP contribution in [0, 0.1) is 5.92 Å². The third-order valence-corrected chi connectivity index (χ3v) is 4.14. The van der Waals surface area contributed by atoms with Crippen LogP contribution in [0.15, 0.2) is 30.3 Å². The first-order valence-corrected chi connectivity index (χ1v) is 7.69. The Bertz CT molecular complexity index is 459. The lowest BCUT2D eigenvalue weighted by molar-refractivity contribution is -0.125. The number of hydrogen-bond donors (Lipinski definition) is 2. The smallest absolute Gasteiger partial charge is 0.227 e. The molecule has 2 atom stereocenters. The number of likely N-dealkylation sites (N-methyl/N-ethyl adjacent to an activating group) is 1. The van der Waals surface area contributed by atoms with E-state index in [1.807, 2.05) is 25.1 Å². The van der Waals surface area contributed by atoms with Gasteiger partial charge in [-0.15, -0.1) is 0 Å². The first kappa shape index (κ1) is 16.0. The topological polar surface area (TPSA) is 50.4 Å². The zero-order chi connectivity index (χ0) is 15.3. The predicted octanol–water partition coefficient (Wildman–Crippen LogP) is 1.70. The minimum atomic E-state index is -0.0866. The van der Waals surface area contributed by atoms with Crippen LogP contribution in [0.1, 0.15) is 26.3 Å². The van der Waals surface area contributed by atoms with Gasteiger partial charge in [0, 0.05) is 18.0 Å². The second-order valence-corrected chi connectivity index (χ2v) is 6.28. The van der Waals surface area contributed by atoms with Gasteiger partial charge < -0.3 is 15.4 Å². The van der Waals surface area contributed by atoms with Crippen molar-refractivity contribution in [1.82, 2.24) is 10.6 Å². The molecule has 1 saturated heterocycles. The van der Waals surface area contributed by atoms with Crippen LogP contribution in [0.5, 0.6) is 0 Å². The summed E-state index contributed by atoms with van der Waals surface area (Å²) in [6.45, 7) is 8.96. The van der Waals surface area contributed by atoms with E-state index in [0.29, 0.717) is 19.8 Å². The molecular weight excluding hydrogens is 264 g/mol. The van der Waals surface area contributed by atoms with Crippen molar-refractivity contribution in [3.8, 4) is 0 Å². The highest BCUT2D eigenvalue weighted by Gasteiger charge is 2.34. The molecule has 1 aliphatic heterocycles. The summed E-state index contributed by atoms with van der Waals surface area (Å²) in [4.78, 5) is 12.4. The maximum Gasteiger partial charge on any atom is 0.227 e. The van der Waals surface area contributed by atoms with E-state index in [9.17, 15) is 4.79 Å². The zero-order valence-corrected chi connectivity index (χ0v) is 13.2. The third-order valence-electron chi connectivity index (χ3n) is 4.14. The molecule has 116 valence electrons. The molecule has 4 nitrogen and oxygen atoms in total. The molecule has 0 spiro atoms. The van der Waals surface area contributed by atoms with Crippen molar-refractivity contribution in [2.45, 2.75) is 32.2 Å². The number of benzene rings is 1. The highest BCUT2D eigenvalue weighted by atomic mass is 16.5. The standard InChI is InChI=1S/C17H26N2O2/c1-4-18-15-11-21-10-14(15)16(20)19-12-17(2,3)13-8-6-5-7-9-13/h5-9,14-15,18H,4,10-12H2,1-3H3,(H,19,20). The SMILES string of the molecule is CCNC1COCC1C(=O)NCC(C)(C)c1ccccc1. The fourth-order valence-corrected chi connectivity index (χ4v) is 2.71. The van der Waals surface area contributed by atoms with E-state index in [0.717, 1.165) is 6.54 Å². The summed E-state index contributed by atoms with van der Waals surface area (Å²) in [7, 11) is 0. The zero-order valence-electron chi connectivity index (χ0n) is 13.2. The van der Waals surface area contributed by atoms with E-state index in [1.54, 1.807) is 0 Å². The molecule has 0 aromatic heterocycles. The number of hydrogen-bond acceptors (Lipinski definition) is 3. The Hall–Kier alpha value is -1.39. The van der Waals surface area contributed by atoms with Gasteiger partial charge in [-0.25, -0.2) is 0 Å². The summed E-state index contributed by atoms with van der Waals surface area (Å²) in [5.41, 5.74) is 1.15. The summed E-state index contributed by atoms with van der Waals surface area (Å²) in [6, 6.07) is 10.4. The van der Waals surface area contributed by atoms with Crippen LogP contribution < -0.4 is 10.6 Å². The molecule has 21 heavy (non-hydrogen) atoms. The summed E-state index contributed by atoms with van der Waals surface area (Å²) < 4.78 is 5.44. The Morgan fingerprint density at radius 1 is 1.29 bits per heavy atom. The molecule has 1 amide bonds. The van der Waals surface area contributed by atoms with Crippen molar-refractivity contribution in [1.29, 1.82) is 0 Å². The van der Waals surface area contributed by atoms with Crippen LogP contribution in [-0.2, 0) is 14.9 Å². The maximum atomic E-state index is 12.4. The second kappa shape index (κ2) is 7.05. The third kappa shape index (κ3) is 4.05. The number of carbonyl (C=O) groups excluding carboxylic acids is 1. The van der Waals surface area contributed by atoms with E-state index in [2.05, 4.69) is 36.6 Å². The van der Waals surface area contributed by atoms with E-state index in [1.165, 1.54) is 5.56 Å². The van der Waals surface area contributed by atoms with Gasteiger partial charge in [-0.3, -0.25) is 4.79 Å². The lowest BCUT2D eigenvalue weighted by atomic mass is 9.84. The minimum Gasteiger partial charge on any atom is -0.379 e. The van der Waals surface area contributed by atoms with Gasteiger partial charge in [0.2, 0.25) is 5.91 Å². The number of amides is 1. The van der Waals surface area contributed by atoms with Crippen LogP contribution in [0.25, 0.3) is 0 Å². The van der Waals surface area contributed by atoms with Crippen molar-refractivity contribution >= 4 is 5.91 Å². The molecule has 0 bridgehead atoms. The van der Waals surface area contributed by atoms with E-state index < -0.39 is 0 Å². The quantitative estimate of drug-likeness (QED) is 0.838. The highest BCUT2D eigenvalue weighted by Crippen LogP contribution is 2.22. The number of nitrogens with one attached hydrogen (secondary N) is 2. The van der Waals surface area contributed by atoms with Gasteiger partial charge in [0.25, 0.3) is 0 Å². The number of carbonyl (C=O) groups is 1. The van der Waals surface area contributed by atoms with Crippen LogP contribution in [0.2, 0.25) is 0 Å². The lowest BCUT2D eigenvalue weighted by Crippen LogP contribution is -2.46. The molecule has 0 radical (unpaired) electrons. The molecule has 1 fully saturated rings. The van der Waals surface area contributed by atoms with Gasteiger partial charge in [0.15, 0.2) is 0 Å². The largest absolute Gasteiger partial charge is 0.379 e. The predicted molar refractivity (Wildman–Crippen MR) is 84.3 cm³/mol. The second-order valence-electron chi connectivity index (χ2n) is 6.28. The van der Waals surface area contributed by atoms with Gasteiger partial charge in [0.05, 0.1) is 19.1 Å². The van der Waals surface area contributed by atoms with Crippen LogP contribution >= 0.6 is 0 Å². The van der Waals surface area contributed by atoms with Crippen LogP contribution in [-0.4, -0.2) is 38.3 Å². The summed E-state index contributed by atoms with van der Waals surface area (Å²) in [5, 5.41) is 6.41. The average molecular weight is 290 g/mol. The molecule has 1 heterocycles. The Labute approximate surface area is 127 Å². The van der Waals surface area contributed by atoms with E-state index in [-0.39, 0.29) is 23.3 Å². The summed E-state index contributed by atoms with van der Waals surface area (Å²) in [6.07, 6.45) is 0. The molecule has 4 heteroatoms. The maximum absolute atomic E-state index is 12.4. The van der Waals surface area contributed by atoms with Gasteiger partial charge in [-0.1, -0.05) is 51.1 Å². The van der Waals surface area contributed by atoms with Crippen molar-refractivity contribution in [3.05, 3.63) is 35.9 Å². The molecule has 2 unspecified atom stereocenters. The van der Waals surface area contributed by atoms with Gasteiger partial charge in [0.1, 0.15) is 0 Å². The molecule has 0 saturated carbocycles. The average Bonchev–Trinajstić information content (AvgIpc) is 2.95. The van der Waals surface area contributed by atoms with Gasteiger partial charge >= 0.3 is 0 Å². The Morgan fingerprint density at radius 3 is 2.67 bits per heavy atom. The van der Waals surface area contributed by atoms with Crippen LogP contribution in [0.3, 0.4) is 0 Å².